The average molecular weight is 1060 g/mol. The number of unbranched alkanes of at least 4 members (excludes halogenated alkanes) is 34. The lowest BCUT2D eigenvalue weighted by atomic mass is 10.0. The Morgan fingerprint density at radius 1 is 0.486 bits per heavy atom. The van der Waals surface area contributed by atoms with E-state index in [1.54, 1.807) is 6.08 Å². The Labute approximate surface area is 459 Å². The second kappa shape index (κ2) is 55.7. The van der Waals surface area contributed by atoms with Crippen molar-refractivity contribution in [3.63, 3.8) is 0 Å². The number of carbonyl (C=O) groups is 1. The van der Waals surface area contributed by atoms with E-state index in [0.717, 1.165) is 70.6 Å². The van der Waals surface area contributed by atoms with E-state index in [-0.39, 0.29) is 19.1 Å². The summed E-state index contributed by atoms with van der Waals surface area (Å²) in [5.74, 6) is -0.195. The highest BCUT2D eigenvalue weighted by molar-refractivity contribution is 7.45. The Hall–Kier alpha value is -2.06. The number of nitrogens with zero attached hydrogens (tertiary/aromatic N) is 1. The number of phosphoric ester groups is 1. The summed E-state index contributed by atoms with van der Waals surface area (Å²) in [6.45, 7) is 4.56. The Morgan fingerprint density at radius 3 is 1.20 bits per heavy atom. The van der Waals surface area contributed by atoms with Gasteiger partial charge in [0.15, 0.2) is 0 Å². The Morgan fingerprint density at radius 2 is 0.824 bits per heavy atom. The van der Waals surface area contributed by atoms with Crippen LogP contribution < -0.4 is 10.2 Å². The number of allylic oxidation sites excluding steroid dienone is 11. The van der Waals surface area contributed by atoms with E-state index in [9.17, 15) is 19.4 Å². The maximum Gasteiger partial charge on any atom is 0.268 e. The highest BCUT2D eigenvalue weighted by atomic mass is 31.2. The zero-order valence-electron chi connectivity index (χ0n) is 49.3. The lowest BCUT2D eigenvalue weighted by Gasteiger charge is -2.29. The lowest BCUT2D eigenvalue weighted by Crippen LogP contribution is -2.45. The van der Waals surface area contributed by atoms with Gasteiger partial charge in [-0.3, -0.25) is 9.36 Å². The summed E-state index contributed by atoms with van der Waals surface area (Å²) < 4.78 is 23.4. The molecule has 0 saturated carbocycles. The van der Waals surface area contributed by atoms with Crippen LogP contribution in [0.3, 0.4) is 0 Å². The Bertz CT molecular complexity index is 1430. The summed E-state index contributed by atoms with van der Waals surface area (Å²) in [5.41, 5.74) is 0. The number of phosphoric acid groups is 1. The molecule has 2 N–H and O–H groups in total. The van der Waals surface area contributed by atoms with E-state index in [1.807, 2.05) is 27.2 Å². The van der Waals surface area contributed by atoms with Crippen LogP contribution in [0.15, 0.2) is 72.9 Å². The first-order valence-corrected chi connectivity index (χ1v) is 32.8. The van der Waals surface area contributed by atoms with Crippen molar-refractivity contribution in [1.82, 2.24) is 5.32 Å². The number of aliphatic hydroxyl groups is 1. The molecule has 3 unspecified atom stereocenters. The van der Waals surface area contributed by atoms with Gasteiger partial charge in [0.05, 0.1) is 39.9 Å². The van der Waals surface area contributed by atoms with Crippen LogP contribution >= 0.6 is 7.82 Å². The molecular formula is C65H121N2O6P. The van der Waals surface area contributed by atoms with Crippen molar-refractivity contribution in [3.8, 4) is 0 Å². The van der Waals surface area contributed by atoms with Crippen LogP contribution in [-0.4, -0.2) is 68.5 Å². The van der Waals surface area contributed by atoms with Crippen molar-refractivity contribution in [1.29, 1.82) is 0 Å². The van der Waals surface area contributed by atoms with Crippen molar-refractivity contribution < 1.29 is 32.9 Å². The largest absolute Gasteiger partial charge is 0.756 e. The van der Waals surface area contributed by atoms with E-state index in [4.69, 9.17) is 9.05 Å². The van der Waals surface area contributed by atoms with Crippen LogP contribution in [0.2, 0.25) is 0 Å². The molecule has 0 fully saturated rings. The molecule has 0 saturated heterocycles. The van der Waals surface area contributed by atoms with Gasteiger partial charge >= 0.3 is 0 Å². The molecule has 432 valence electrons. The van der Waals surface area contributed by atoms with Gasteiger partial charge in [-0.25, -0.2) is 0 Å². The third-order valence-corrected chi connectivity index (χ3v) is 14.9. The van der Waals surface area contributed by atoms with Crippen LogP contribution in [-0.2, 0) is 18.4 Å². The molecule has 0 aromatic heterocycles. The van der Waals surface area contributed by atoms with Gasteiger partial charge in [0.25, 0.3) is 7.82 Å². The van der Waals surface area contributed by atoms with Gasteiger partial charge in [-0.1, -0.05) is 286 Å². The van der Waals surface area contributed by atoms with Crippen LogP contribution in [0.25, 0.3) is 0 Å². The molecule has 0 aliphatic rings. The highest BCUT2D eigenvalue weighted by Gasteiger charge is 2.23. The summed E-state index contributed by atoms with van der Waals surface area (Å²) in [4.78, 5) is 25.6. The topological polar surface area (TPSA) is 108 Å². The number of rotatable bonds is 57. The average Bonchev–Trinajstić information content (AvgIpc) is 3.36. The zero-order valence-corrected chi connectivity index (χ0v) is 50.2. The fourth-order valence-corrected chi connectivity index (χ4v) is 9.79. The highest BCUT2D eigenvalue weighted by Crippen LogP contribution is 2.38. The van der Waals surface area contributed by atoms with Crippen molar-refractivity contribution >= 4 is 13.7 Å². The van der Waals surface area contributed by atoms with E-state index in [0.29, 0.717) is 17.4 Å². The first kappa shape index (κ1) is 71.9. The minimum atomic E-state index is -4.60. The molecule has 9 heteroatoms. The van der Waals surface area contributed by atoms with Gasteiger partial charge in [0, 0.05) is 6.42 Å². The molecule has 0 spiro atoms. The number of likely N-dealkylation sites (N-methyl/N-ethyl adjacent to an activating group) is 1. The predicted octanol–water partition coefficient (Wildman–Crippen LogP) is 18.8. The van der Waals surface area contributed by atoms with Crippen molar-refractivity contribution in [3.05, 3.63) is 72.9 Å². The van der Waals surface area contributed by atoms with Gasteiger partial charge in [0.2, 0.25) is 5.91 Å². The smallest absolute Gasteiger partial charge is 0.268 e. The van der Waals surface area contributed by atoms with Gasteiger partial charge in [-0.15, -0.1) is 0 Å². The molecule has 0 aromatic rings. The summed E-state index contributed by atoms with van der Waals surface area (Å²) in [6.07, 6.45) is 77.0. The van der Waals surface area contributed by atoms with Crippen LogP contribution in [0.1, 0.15) is 284 Å². The van der Waals surface area contributed by atoms with Crippen LogP contribution in [0.5, 0.6) is 0 Å². The third-order valence-electron chi connectivity index (χ3n) is 13.9. The maximum atomic E-state index is 13.0. The molecule has 0 radical (unpaired) electrons. The molecule has 0 aliphatic carbocycles. The quantitative estimate of drug-likeness (QED) is 0.0272. The molecule has 0 bridgehead atoms. The number of carbonyl (C=O) groups excluding carboxylic acids is 1. The Balaban J connectivity index is 4.08. The van der Waals surface area contributed by atoms with Crippen molar-refractivity contribution in [2.75, 3.05) is 40.9 Å². The minimum absolute atomic E-state index is 0.00158. The number of nitrogens with one attached hydrogen (secondary N) is 1. The van der Waals surface area contributed by atoms with Crippen LogP contribution in [0, 0.1) is 0 Å². The van der Waals surface area contributed by atoms with E-state index in [1.165, 1.54) is 193 Å². The molecule has 0 aliphatic heterocycles. The molecule has 74 heavy (non-hydrogen) atoms. The summed E-state index contributed by atoms with van der Waals surface area (Å²) in [6, 6.07) is -0.889. The fraction of sp³-hybridized carbons (Fsp3) is 0.800. The standard InChI is InChI=1S/C65H121N2O6P/c1-6-8-10-12-14-16-18-20-22-24-26-27-28-29-30-31-32-33-34-35-36-37-38-39-41-43-45-47-49-51-53-55-57-59-65(69)66-63(62-73-74(70,71)72-61-60-67(3,4)5)64(68)58-56-54-52-50-48-46-44-42-40-25-23-21-19-17-15-13-11-9-7-2/h8,10,14,16,20,22,26-27,29-30,56,58,63-64,68H,6-7,9,11-13,15,17-19,21,23-25,28,31-55,57,59-62H2,1-5H3,(H-,66,69,70,71)/b10-8-,16-14-,22-20-,27-26-,30-29-,58-56+. The van der Waals surface area contributed by atoms with Gasteiger partial charge in [-0.05, 0) is 64.2 Å². The molecule has 8 nitrogen and oxygen atoms in total. The van der Waals surface area contributed by atoms with E-state index in [2.05, 4.69) is 79.9 Å². The number of aliphatic hydroxyl groups excluding tert-OH is 1. The molecule has 0 heterocycles. The van der Waals surface area contributed by atoms with E-state index < -0.39 is 20.0 Å². The summed E-state index contributed by atoms with van der Waals surface area (Å²) >= 11 is 0. The van der Waals surface area contributed by atoms with Gasteiger partial charge in [0.1, 0.15) is 13.2 Å². The minimum Gasteiger partial charge on any atom is -0.756 e. The normalized spacial score (nSPS) is 14.3. The molecule has 0 rings (SSSR count). The van der Waals surface area contributed by atoms with Crippen molar-refractivity contribution in [2.45, 2.75) is 296 Å². The molecule has 0 aromatic carbocycles. The number of hydrogen-bond donors (Lipinski definition) is 2. The van der Waals surface area contributed by atoms with Gasteiger partial charge < -0.3 is 28.8 Å². The zero-order chi connectivity index (χ0) is 54.2. The summed E-state index contributed by atoms with van der Waals surface area (Å²) in [5, 5.41) is 13.9. The SMILES string of the molecule is CC/C=C\C/C=C\C/C=C\C/C=C\C/C=C\CCCCCCCCCCCCCCCCCCCC(=O)NC(COP(=O)([O-])OCC[N+](C)(C)C)C(O)/C=C/CCCCCCCCCCCCCCCCCCC. The lowest BCUT2D eigenvalue weighted by molar-refractivity contribution is -0.870. The van der Waals surface area contributed by atoms with Crippen LogP contribution in [0.4, 0.5) is 0 Å². The number of amides is 1. The van der Waals surface area contributed by atoms with E-state index >= 15 is 0 Å². The third kappa shape index (κ3) is 57.6. The first-order chi connectivity index (χ1) is 36.0. The Kier molecular flexibility index (Phi) is 54.1. The fourth-order valence-electron chi connectivity index (χ4n) is 9.06. The first-order valence-electron chi connectivity index (χ1n) is 31.3. The molecule has 3 atom stereocenters. The number of quaternary nitrogens is 1. The second-order valence-electron chi connectivity index (χ2n) is 22.4. The summed E-state index contributed by atoms with van der Waals surface area (Å²) in [7, 11) is 1.27. The van der Waals surface area contributed by atoms with Gasteiger partial charge in [-0.2, -0.15) is 0 Å². The second-order valence-corrected chi connectivity index (χ2v) is 23.8. The van der Waals surface area contributed by atoms with Crippen molar-refractivity contribution in [2.24, 2.45) is 0 Å². The number of hydrogen-bond acceptors (Lipinski definition) is 6. The monoisotopic (exact) mass is 1060 g/mol. The molecule has 1 amide bonds. The maximum absolute atomic E-state index is 13.0. The molecular weight excluding hydrogens is 936 g/mol. The predicted molar refractivity (Wildman–Crippen MR) is 320 cm³/mol.